The predicted octanol–water partition coefficient (Wildman–Crippen LogP) is 3.33. The zero-order valence-corrected chi connectivity index (χ0v) is 11.7. The van der Waals surface area contributed by atoms with Crippen LogP contribution in [0.25, 0.3) is 11.3 Å². The smallest absolute Gasteiger partial charge is 0.0936 e. The first kappa shape index (κ1) is 11.4. The molecule has 3 rings (SSSR count). The molecule has 1 aliphatic rings. The number of halogens is 1. The third-order valence-corrected chi connectivity index (χ3v) is 4.59. The maximum Gasteiger partial charge on any atom is 0.0936 e. The average molecular weight is 309 g/mol. The van der Waals surface area contributed by atoms with Gasteiger partial charge in [-0.2, -0.15) is 0 Å². The van der Waals surface area contributed by atoms with Crippen molar-refractivity contribution < 1.29 is 0 Å². The molecule has 0 bridgehead atoms. The van der Waals surface area contributed by atoms with Gasteiger partial charge >= 0.3 is 0 Å². The Kier molecular flexibility index (Phi) is 3.27. The SMILES string of the molecule is Brc1ccccc1-c1csc(CC2CNC2)n1. The molecular formula is C13H13BrN2S. The third-order valence-electron chi connectivity index (χ3n) is 3.03. The normalized spacial score (nSPS) is 15.8. The Morgan fingerprint density at radius 2 is 2.18 bits per heavy atom. The van der Waals surface area contributed by atoms with E-state index in [1.54, 1.807) is 11.3 Å². The van der Waals surface area contributed by atoms with E-state index in [0.717, 1.165) is 35.6 Å². The monoisotopic (exact) mass is 308 g/mol. The van der Waals surface area contributed by atoms with E-state index in [1.807, 2.05) is 6.07 Å². The molecule has 0 radical (unpaired) electrons. The molecule has 0 atom stereocenters. The number of nitrogens with one attached hydrogen (secondary N) is 1. The van der Waals surface area contributed by atoms with Gasteiger partial charge in [-0.05, 0) is 25.1 Å². The molecule has 2 aromatic rings. The summed E-state index contributed by atoms with van der Waals surface area (Å²) < 4.78 is 1.11. The van der Waals surface area contributed by atoms with Crippen LogP contribution in [0.5, 0.6) is 0 Å². The lowest BCUT2D eigenvalue weighted by Gasteiger charge is -2.25. The third kappa shape index (κ3) is 2.44. The Morgan fingerprint density at radius 1 is 1.35 bits per heavy atom. The second-order valence-electron chi connectivity index (χ2n) is 4.33. The van der Waals surface area contributed by atoms with Gasteiger partial charge in [-0.1, -0.05) is 34.1 Å². The van der Waals surface area contributed by atoms with E-state index >= 15 is 0 Å². The summed E-state index contributed by atoms with van der Waals surface area (Å²) in [6, 6.07) is 8.24. The molecule has 1 fully saturated rings. The summed E-state index contributed by atoms with van der Waals surface area (Å²) in [5.41, 5.74) is 2.27. The Balaban J connectivity index is 1.82. The van der Waals surface area contributed by atoms with E-state index in [9.17, 15) is 0 Å². The van der Waals surface area contributed by atoms with Crippen LogP contribution in [0.15, 0.2) is 34.1 Å². The minimum absolute atomic E-state index is 0.785. The summed E-state index contributed by atoms with van der Waals surface area (Å²) in [6.45, 7) is 2.29. The van der Waals surface area contributed by atoms with Gasteiger partial charge in [-0.3, -0.25) is 0 Å². The molecule has 1 N–H and O–H groups in total. The predicted molar refractivity (Wildman–Crippen MR) is 75.3 cm³/mol. The van der Waals surface area contributed by atoms with Crippen molar-refractivity contribution in [1.29, 1.82) is 0 Å². The molecular weight excluding hydrogens is 296 g/mol. The molecule has 1 aliphatic heterocycles. The first-order chi connectivity index (χ1) is 8.33. The Morgan fingerprint density at radius 3 is 2.88 bits per heavy atom. The van der Waals surface area contributed by atoms with Gasteiger partial charge in [-0.25, -0.2) is 4.98 Å². The van der Waals surface area contributed by atoms with Gasteiger partial charge in [0.25, 0.3) is 0 Å². The summed E-state index contributed by atoms with van der Waals surface area (Å²) >= 11 is 5.34. The van der Waals surface area contributed by atoms with Crippen LogP contribution in [0.2, 0.25) is 0 Å². The molecule has 0 spiro atoms. The average Bonchev–Trinajstić information content (AvgIpc) is 2.73. The van der Waals surface area contributed by atoms with Crippen LogP contribution in [0.3, 0.4) is 0 Å². The highest BCUT2D eigenvalue weighted by Crippen LogP contribution is 2.29. The van der Waals surface area contributed by atoms with Crippen LogP contribution in [-0.2, 0) is 6.42 Å². The lowest BCUT2D eigenvalue weighted by molar-refractivity contribution is 0.346. The number of aromatic nitrogens is 1. The van der Waals surface area contributed by atoms with Crippen LogP contribution in [0, 0.1) is 5.92 Å². The Hall–Kier alpha value is -0.710. The van der Waals surface area contributed by atoms with Crippen molar-refractivity contribution in [1.82, 2.24) is 10.3 Å². The van der Waals surface area contributed by atoms with Crippen molar-refractivity contribution in [3.05, 3.63) is 39.1 Å². The summed E-state index contributed by atoms with van der Waals surface area (Å²) in [4.78, 5) is 4.72. The van der Waals surface area contributed by atoms with Crippen molar-refractivity contribution in [3.63, 3.8) is 0 Å². The van der Waals surface area contributed by atoms with E-state index in [4.69, 9.17) is 4.98 Å². The lowest BCUT2D eigenvalue weighted by atomic mass is 10.0. The second-order valence-corrected chi connectivity index (χ2v) is 6.13. The van der Waals surface area contributed by atoms with Crippen LogP contribution >= 0.6 is 27.3 Å². The van der Waals surface area contributed by atoms with Gasteiger partial charge in [0.15, 0.2) is 0 Å². The number of hydrogen-bond donors (Lipinski definition) is 1. The highest BCUT2D eigenvalue weighted by Gasteiger charge is 2.19. The minimum atomic E-state index is 0.785. The summed E-state index contributed by atoms with van der Waals surface area (Å²) in [6.07, 6.45) is 1.11. The topological polar surface area (TPSA) is 24.9 Å². The summed E-state index contributed by atoms with van der Waals surface area (Å²) in [5.74, 6) is 0.785. The maximum atomic E-state index is 4.72. The zero-order valence-electron chi connectivity index (χ0n) is 9.32. The van der Waals surface area contributed by atoms with E-state index in [0.29, 0.717) is 0 Å². The fourth-order valence-corrected chi connectivity index (χ4v) is 3.34. The number of benzene rings is 1. The molecule has 2 heterocycles. The lowest BCUT2D eigenvalue weighted by Crippen LogP contribution is -2.43. The fourth-order valence-electron chi connectivity index (χ4n) is 1.94. The minimum Gasteiger partial charge on any atom is -0.316 e. The molecule has 0 saturated carbocycles. The summed E-state index contributed by atoms with van der Waals surface area (Å²) in [5, 5.41) is 6.70. The van der Waals surface area contributed by atoms with E-state index in [1.165, 1.54) is 10.6 Å². The Bertz CT molecular complexity index is 520. The van der Waals surface area contributed by atoms with Crippen LogP contribution < -0.4 is 5.32 Å². The number of hydrogen-bond acceptors (Lipinski definition) is 3. The van der Waals surface area contributed by atoms with Gasteiger partial charge in [0, 0.05) is 21.8 Å². The molecule has 0 amide bonds. The van der Waals surface area contributed by atoms with Gasteiger partial charge < -0.3 is 5.32 Å². The van der Waals surface area contributed by atoms with Gasteiger partial charge in [-0.15, -0.1) is 11.3 Å². The summed E-state index contributed by atoms with van der Waals surface area (Å²) in [7, 11) is 0. The zero-order chi connectivity index (χ0) is 11.7. The first-order valence-corrected chi connectivity index (χ1v) is 7.40. The van der Waals surface area contributed by atoms with Crippen molar-refractivity contribution in [2.75, 3.05) is 13.1 Å². The van der Waals surface area contributed by atoms with Crippen LogP contribution in [-0.4, -0.2) is 18.1 Å². The molecule has 1 saturated heterocycles. The van der Waals surface area contributed by atoms with Crippen molar-refractivity contribution in [2.45, 2.75) is 6.42 Å². The molecule has 88 valence electrons. The van der Waals surface area contributed by atoms with Crippen molar-refractivity contribution in [3.8, 4) is 11.3 Å². The van der Waals surface area contributed by atoms with Gasteiger partial charge in [0.1, 0.15) is 0 Å². The van der Waals surface area contributed by atoms with Crippen LogP contribution in [0.1, 0.15) is 5.01 Å². The highest BCUT2D eigenvalue weighted by atomic mass is 79.9. The first-order valence-electron chi connectivity index (χ1n) is 5.73. The molecule has 4 heteroatoms. The quantitative estimate of drug-likeness (QED) is 0.940. The van der Waals surface area contributed by atoms with Gasteiger partial charge in [0.2, 0.25) is 0 Å². The van der Waals surface area contributed by atoms with E-state index in [-0.39, 0.29) is 0 Å². The molecule has 1 aromatic heterocycles. The molecule has 0 unspecified atom stereocenters. The molecule has 2 nitrogen and oxygen atoms in total. The standard InChI is InChI=1S/C13H13BrN2S/c14-11-4-2-1-3-10(11)12-8-17-13(16-12)5-9-6-15-7-9/h1-4,8-9,15H,5-7H2. The van der Waals surface area contributed by atoms with Crippen molar-refractivity contribution >= 4 is 27.3 Å². The second kappa shape index (κ2) is 4.88. The Labute approximate surface area is 113 Å². The highest BCUT2D eigenvalue weighted by molar-refractivity contribution is 9.10. The molecule has 0 aliphatic carbocycles. The number of thiazole rings is 1. The molecule has 17 heavy (non-hydrogen) atoms. The number of nitrogens with zero attached hydrogens (tertiary/aromatic N) is 1. The van der Waals surface area contributed by atoms with E-state index < -0.39 is 0 Å². The van der Waals surface area contributed by atoms with Crippen LogP contribution in [0.4, 0.5) is 0 Å². The fraction of sp³-hybridized carbons (Fsp3) is 0.308. The van der Waals surface area contributed by atoms with Crippen molar-refractivity contribution in [2.24, 2.45) is 5.92 Å². The number of rotatable bonds is 3. The van der Waals surface area contributed by atoms with Gasteiger partial charge in [0.05, 0.1) is 10.7 Å². The maximum absolute atomic E-state index is 4.72. The largest absolute Gasteiger partial charge is 0.316 e. The molecule has 1 aromatic carbocycles. The van der Waals surface area contributed by atoms with E-state index in [2.05, 4.69) is 44.8 Å².